The maximum absolute atomic E-state index is 12.5. The van der Waals surface area contributed by atoms with Crippen LogP contribution in [0.15, 0.2) is 12.3 Å². The molecule has 0 atom stereocenters. The van der Waals surface area contributed by atoms with Crippen LogP contribution < -0.4 is 10.1 Å². The van der Waals surface area contributed by atoms with E-state index in [9.17, 15) is 23.3 Å². The Hall–Kier alpha value is -1.90. The Labute approximate surface area is 113 Å². The van der Waals surface area contributed by atoms with Gasteiger partial charge in [-0.15, -0.1) is 0 Å². The van der Waals surface area contributed by atoms with Crippen LogP contribution in [0, 0.1) is 10.1 Å². The molecule has 0 bridgehead atoms. The maximum atomic E-state index is 12.5. The van der Waals surface area contributed by atoms with Crippen molar-refractivity contribution < 1.29 is 22.8 Å². The Balaban J connectivity index is 2.87. The number of nitro groups is 1. The number of pyridine rings is 1. The third kappa shape index (κ3) is 4.65. The van der Waals surface area contributed by atoms with Crippen LogP contribution in [0.2, 0.25) is 0 Å². The zero-order chi connectivity index (χ0) is 15.3. The number of hydrogen-bond acceptors (Lipinski definition) is 5. The van der Waals surface area contributed by atoms with Gasteiger partial charge >= 0.3 is 11.9 Å². The fourth-order valence-corrected chi connectivity index (χ4v) is 1.35. The highest BCUT2D eigenvalue weighted by atomic mass is 19.4. The summed E-state index contributed by atoms with van der Waals surface area (Å²) >= 11 is 0. The summed E-state index contributed by atoms with van der Waals surface area (Å²) in [5, 5.41) is 13.7. The molecule has 112 valence electrons. The molecule has 0 saturated heterocycles. The summed E-state index contributed by atoms with van der Waals surface area (Å²) in [7, 11) is 0. The molecule has 0 amide bonds. The number of nitrogens with one attached hydrogen (secondary N) is 1. The number of halogens is 3. The molecule has 1 N–H and O–H groups in total. The number of alkyl halides is 3. The molecule has 1 aromatic heterocycles. The first-order valence-corrected chi connectivity index (χ1v) is 5.79. The Bertz CT molecular complexity index is 478. The van der Waals surface area contributed by atoms with Crippen molar-refractivity contribution in [3.8, 4) is 5.75 Å². The van der Waals surface area contributed by atoms with Crippen molar-refractivity contribution in [1.82, 2.24) is 10.3 Å². The molecule has 0 aliphatic heterocycles. The van der Waals surface area contributed by atoms with E-state index in [4.69, 9.17) is 4.74 Å². The molecule has 0 spiro atoms. The summed E-state index contributed by atoms with van der Waals surface area (Å²) in [6, 6.07) is 0.713. The lowest BCUT2D eigenvalue weighted by Crippen LogP contribution is -2.27. The van der Waals surface area contributed by atoms with Gasteiger partial charge in [0.05, 0.1) is 4.92 Å². The van der Waals surface area contributed by atoms with Crippen molar-refractivity contribution >= 4 is 5.69 Å². The minimum atomic E-state index is -4.68. The molecule has 1 heterocycles. The highest BCUT2D eigenvalue weighted by Crippen LogP contribution is 2.34. The fourth-order valence-electron chi connectivity index (χ4n) is 1.35. The van der Waals surface area contributed by atoms with Gasteiger partial charge in [-0.3, -0.25) is 10.1 Å². The van der Waals surface area contributed by atoms with Gasteiger partial charge < -0.3 is 10.1 Å². The number of rotatable bonds is 6. The van der Waals surface area contributed by atoms with E-state index >= 15 is 0 Å². The molecule has 0 aliphatic carbocycles. The minimum Gasteiger partial charge on any atom is -0.485 e. The predicted molar refractivity (Wildman–Crippen MR) is 64.5 cm³/mol. The maximum Gasteiger partial charge on any atom is 0.433 e. The first-order chi connectivity index (χ1) is 9.21. The van der Waals surface area contributed by atoms with Gasteiger partial charge in [-0.2, -0.15) is 13.2 Å². The first-order valence-electron chi connectivity index (χ1n) is 5.79. The summed E-state index contributed by atoms with van der Waals surface area (Å²) in [6.07, 6.45) is -4.13. The summed E-state index contributed by atoms with van der Waals surface area (Å²) in [5.41, 5.74) is -1.82. The number of ether oxygens (including phenoxy) is 1. The van der Waals surface area contributed by atoms with Gasteiger partial charge in [0.25, 0.3) is 0 Å². The molecule has 0 aromatic carbocycles. The second-order valence-electron chi connectivity index (χ2n) is 4.25. The quantitative estimate of drug-likeness (QED) is 0.495. The number of hydrogen-bond donors (Lipinski definition) is 1. The lowest BCUT2D eigenvalue weighted by molar-refractivity contribution is -0.386. The van der Waals surface area contributed by atoms with E-state index in [0.29, 0.717) is 18.8 Å². The summed E-state index contributed by atoms with van der Waals surface area (Å²) in [4.78, 5) is 12.9. The standard InChI is InChI=1S/C11H14F3N3O3/c1-7(2)15-3-4-20-9-5-10(11(12,13)14)16-6-8(9)17(18)19/h5-7,15H,3-4H2,1-2H3. The van der Waals surface area contributed by atoms with Gasteiger partial charge in [-0.05, 0) is 0 Å². The third-order valence-corrected chi connectivity index (χ3v) is 2.25. The Morgan fingerprint density at radius 1 is 1.50 bits per heavy atom. The van der Waals surface area contributed by atoms with E-state index in [0.717, 1.165) is 0 Å². The molecular formula is C11H14F3N3O3. The molecule has 9 heteroatoms. The molecule has 1 rings (SSSR count). The van der Waals surface area contributed by atoms with Gasteiger partial charge in [-0.1, -0.05) is 13.8 Å². The summed E-state index contributed by atoms with van der Waals surface area (Å²) < 4.78 is 42.5. The SMILES string of the molecule is CC(C)NCCOc1cc(C(F)(F)F)ncc1[N+](=O)[O-]. The van der Waals surface area contributed by atoms with Crippen LogP contribution >= 0.6 is 0 Å². The van der Waals surface area contributed by atoms with E-state index in [1.165, 1.54) is 0 Å². The molecule has 0 fully saturated rings. The Morgan fingerprint density at radius 2 is 2.15 bits per heavy atom. The van der Waals surface area contributed by atoms with Gasteiger partial charge in [0, 0.05) is 18.7 Å². The largest absolute Gasteiger partial charge is 0.485 e. The molecule has 20 heavy (non-hydrogen) atoms. The summed E-state index contributed by atoms with van der Waals surface area (Å²) in [5.74, 6) is -0.442. The van der Waals surface area contributed by atoms with E-state index in [-0.39, 0.29) is 12.6 Å². The minimum absolute atomic E-state index is 0.0142. The molecule has 1 aromatic rings. The van der Waals surface area contributed by atoms with Crippen molar-refractivity contribution in [3.05, 3.63) is 28.1 Å². The van der Waals surface area contributed by atoms with Gasteiger partial charge in [-0.25, -0.2) is 4.98 Å². The van der Waals surface area contributed by atoms with Crippen LogP contribution in [0.3, 0.4) is 0 Å². The van der Waals surface area contributed by atoms with E-state index in [1.54, 1.807) is 0 Å². The van der Waals surface area contributed by atoms with Gasteiger partial charge in [0.1, 0.15) is 18.5 Å². The van der Waals surface area contributed by atoms with Crippen LogP contribution in [0.5, 0.6) is 5.75 Å². The molecule has 0 unspecified atom stereocenters. The van der Waals surface area contributed by atoms with E-state index in [1.807, 2.05) is 13.8 Å². The molecule has 6 nitrogen and oxygen atoms in total. The zero-order valence-electron chi connectivity index (χ0n) is 10.9. The van der Waals surface area contributed by atoms with Crippen LogP contribution in [0.4, 0.5) is 18.9 Å². The monoisotopic (exact) mass is 293 g/mol. The van der Waals surface area contributed by atoms with Crippen molar-refractivity contribution in [1.29, 1.82) is 0 Å². The van der Waals surface area contributed by atoms with Crippen LogP contribution in [0.1, 0.15) is 19.5 Å². The zero-order valence-corrected chi connectivity index (χ0v) is 10.9. The average Bonchev–Trinajstić information content (AvgIpc) is 2.32. The highest BCUT2D eigenvalue weighted by Gasteiger charge is 2.34. The van der Waals surface area contributed by atoms with E-state index < -0.39 is 28.2 Å². The lowest BCUT2D eigenvalue weighted by Gasteiger charge is -2.11. The fraction of sp³-hybridized carbons (Fsp3) is 0.545. The van der Waals surface area contributed by atoms with Crippen LogP contribution in [0.25, 0.3) is 0 Å². The topological polar surface area (TPSA) is 77.3 Å². The van der Waals surface area contributed by atoms with Crippen LogP contribution in [-0.4, -0.2) is 29.1 Å². The first kappa shape index (κ1) is 16.2. The number of aromatic nitrogens is 1. The smallest absolute Gasteiger partial charge is 0.433 e. The van der Waals surface area contributed by atoms with Crippen molar-refractivity contribution in [2.75, 3.05) is 13.2 Å². The highest BCUT2D eigenvalue weighted by molar-refractivity contribution is 5.45. The van der Waals surface area contributed by atoms with Crippen molar-refractivity contribution in [2.45, 2.75) is 26.1 Å². The van der Waals surface area contributed by atoms with Gasteiger partial charge in [0.15, 0.2) is 0 Å². The molecule has 0 saturated carbocycles. The van der Waals surface area contributed by atoms with Crippen LogP contribution in [-0.2, 0) is 6.18 Å². The second kappa shape index (κ2) is 6.51. The van der Waals surface area contributed by atoms with Crippen molar-refractivity contribution in [3.63, 3.8) is 0 Å². The molecule has 0 radical (unpaired) electrons. The average molecular weight is 293 g/mol. The number of nitrogens with zero attached hydrogens (tertiary/aromatic N) is 2. The van der Waals surface area contributed by atoms with Gasteiger partial charge in [0.2, 0.25) is 5.75 Å². The Morgan fingerprint density at radius 3 is 2.65 bits per heavy atom. The third-order valence-electron chi connectivity index (χ3n) is 2.25. The Kier molecular flexibility index (Phi) is 5.26. The second-order valence-corrected chi connectivity index (χ2v) is 4.25. The molecule has 0 aliphatic rings. The van der Waals surface area contributed by atoms with E-state index in [2.05, 4.69) is 10.3 Å². The summed E-state index contributed by atoms with van der Waals surface area (Å²) in [6.45, 7) is 4.14. The van der Waals surface area contributed by atoms with Crippen molar-refractivity contribution in [2.24, 2.45) is 0 Å². The normalized spacial score (nSPS) is 11.7. The predicted octanol–water partition coefficient (Wildman–Crippen LogP) is 2.39. The molecular weight excluding hydrogens is 279 g/mol. The lowest BCUT2D eigenvalue weighted by atomic mass is 10.3.